The van der Waals surface area contributed by atoms with Crippen molar-refractivity contribution < 1.29 is 13.2 Å². The highest BCUT2D eigenvalue weighted by Gasteiger charge is 2.26. The van der Waals surface area contributed by atoms with E-state index in [1.165, 1.54) is 18.4 Å². The molecule has 0 radical (unpaired) electrons. The molecule has 0 aliphatic rings. The summed E-state index contributed by atoms with van der Waals surface area (Å²) in [7, 11) is -0.636. The van der Waals surface area contributed by atoms with Crippen molar-refractivity contribution in [1.82, 2.24) is 9.62 Å². The number of carbonyl (C=O) groups excluding carboxylic acids is 1. The first-order valence-electron chi connectivity index (χ1n) is 6.71. The molecule has 1 amide bonds. The zero-order chi connectivity index (χ0) is 16.2. The number of rotatable bonds is 6. The van der Waals surface area contributed by atoms with Gasteiger partial charge in [0.2, 0.25) is 15.9 Å². The van der Waals surface area contributed by atoms with E-state index >= 15 is 0 Å². The van der Waals surface area contributed by atoms with Crippen LogP contribution in [0, 0.1) is 12.8 Å². The number of nitrogens with zero attached hydrogens (tertiary/aromatic N) is 1. The van der Waals surface area contributed by atoms with Crippen LogP contribution in [0.4, 0.5) is 0 Å². The highest BCUT2D eigenvalue weighted by Crippen LogP contribution is 2.21. The summed E-state index contributed by atoms with van der Waals surface area (Å²) in [6.07, 6.45) is 0. The second-order valence-electron chi connectivity index (χ2n) is 5.10. The van der Waals surface area contributed by atoms with Gasteiger partial charge in [0.25, 0.3) is 0 Å². The summed E-state index contributed by atoms with van der Waals surface area (Å²) in [4.78, 5) is 11.8. The SMILES string of the molecule is CNC(=O)C(C)CN(C)S(=O)(=O)c1cc(CN)ccc1C. The molecule has 1 atom stereocenters. The number of benzene rings is 1. The van der Waals surface area contributed by atoms with E-state index in [1.807, 2.05) is 6.07 Å². The molecule has 1 aromatic rings. The molecule has 6 nitrogen and oxygen atoms in total. The maximum Gasteiger partial charge on any atom is 0.243 e. The Hall–Kier alpha value is -1.44. The Morgan fingerprint density at radius 1 is 1.43 bits per heavy atom. The van der Waals surface area contributed by atoms with Gasteiger partial charge in [0.05, 0.1) is 4.90 Å². The lowest BCUT2D eigenvalue weighted by Crippen LogP contribution is -2.37. The second-order valence-corrected chi connectivity index (χ2v) is 7.12. The number of hydrogen-bond acceptors (Lipinski definition) is 4. The van der Waals surface area contributed by atoms with E-state index in [4.69, 9.17) is 5.73 Å². The lowest BCUT2D eigenvalue weighted by Gasteiger charge is -2.21. The summed E-state index contributed by atoms with van der Waals surface area (Å²) in [6, 6.07) is 5.14. The van der Waals surface area contributed by atoms with Crippen molar-refractivity contribution in [2.24, 2.45) is 11.7 Å². The van der Waals surface area contributed by atoms with E-state index in [0.29, 0.717) is 5.56 Å². The average molecular weight is 313 g/mol. The summed E-state index contributed by atoms with van der Waals surface area (Å²) < 4.78 is 26.4. The summed E-state index contributed by atoms with van der Waals surface area (Å²) in [6.45, 7) is 3.83. The molecule has 118 valence electrons. The number of carbonyl (C=O) groups is 1. The van der Waals surface area contributed by atoms with Gasteiger partial charge in [-0.15, -0.1) is 0 Å². The highest BCUT2D eigenvalue weighted by molar-refractivity contribution is 7.89. The standard InChI is InChI=1S/C14H23N3O3S/c1-10-5-6-12(8-15)7-13(10)21(19,20)17(4)9-11(2)14(18)16-3/h5-7,11H,8-9,15H2,1-4H3,(H,16,18). The Morgan fingerprint density at radius 3 is 2.57 bits per heavy atom. The van der Waals surface area contributed by atoms with Gasteiger partial charge < -0.3 is 11.1 Å². The fraction of sp³-hybridized carbons (Fsp3) is 0.500. The average Bonchev–Trinajstić information content (AvgIpc) is 2.46. The molecule has 1 aromatic carbocycles. The van der Waals surface area contributed by atoms with Crippen LogP contribution in [0.1, 0.15) is 18.1 Å². The number of aryl methyl sites for hydroxylation is 1. The van der Waals surface area contributed by atoms with Crippen LogP contribution in [0.2, 0.25) is 0 Å². The van der Waals surface area contributed by atoms with Crippen molar-refractivity contribution in [1.29, 1.82) is 0 Å². The second kappa shape index (κ2) is 7.02. The van der Waals surface area contributed by atoms with Crippen LogP contribution in [-0.2, 0) is 21.4 Å². The first-order chi connectivity index (χ1) is 9.73. The van der Waals surface area contributed by atoms with Gasteiger partial charge >= 0.3 is 0 Å². The van der Waals surface area contributed by atoms with Crippen molar-refractivity contribution in [2.75, 3.05) is 20.6 Å². The first kappa shape index (κ1) is 17.6. The van der Waals surface area contributed by atoms with Crippen LogP contribution in [0.3, 0.4) is 0 Å². The van der Waals surface area contributed by atoms with Crippen molar-refractivity contribution in [2.45, 2.75) is 25.3 Å². The molecule has 7 heteroatoms. The quantitative estimate of drug-likeness (QED) is 0.798. The van der Waals surface area contributed by atoms with Crippen LogP contribution < -0.4 is 11.1 Å². The molecule has 0 spiro atoms. The number of hydrogen-bond donors (Lipinski definition) is 2. The van der Waals surface area contributed by atoms with Gasteiger partial charge in [0.1, 0.15) is 0 Å². The van der Waals surface area contributed by atoms with Crippen LogP contribution in [0.5, 0.6) is 0 Å². The predicted octanol–water partition coefficient (Wildman–Crippen LogP) is 0.456. The Morgan fingerprint density at radius 2 is 2.05 bits per heavy atom. The number of amides is 1. The zero-order valence-electron chi connectivity index (χ0n) is 12.9. The molecular formula is C14H23N3O3S. The van der Waals surface area contributed by atoms with Crippen LogP contribution in [0.15, 0.2) is 23.1 Å². The lowest BCUT2D eigenvalue weighted by molar-refractivity contribution is -0.124. The summed E-state index contributed by atoms with van der Waals surface area (Å²) in [5.74, 6) is -0.614. The van der Waals surface area contributed by atoms with Gasteiger partial charge in [0, 0.05) is 33.1 Å². The third-order valence-electron chi connectivity index (χ3n) is 3.40. The zero-order valence-corrected chi connectivity index (χ0v) is 13.7. The van der Waals surface area contributed by atoms with E-state index in [2.05, 4.69) is 5.32 Å². The maximum absolute atomic E-state index is 12.6. The molecule has 3 N–H and O–H groups in total. The minimum absolute atomic E-state index is 0.119. The highest BCUT2D eigenvalue weighted by atomic mass is 32.2. The molecular weight excluding hydrogens is 290 g/mol. The summed E-state index contributed by atoms with van der Waals surface area (Å²) in [5, 5.41) is 2.51. The molecule has 0 saturated carbocycles. The van der Waals surface area contributed by atoms with Gasteiger partial charge in [-0.3, -0.25) is 4.79 Å². The van der Waals surface area contributed by atoms with E-state index in [0.717, 1.165) is 5.56 Å². The molecule has 0 saturated heterocycles. The van der Waals surface area contributed by atoms with E-state index < -0.39 is 15.9 Å². The minimum atomic E-state index is -3.64. The van der Waals surface area contributed by atoms with E-state index in [-0.39, 0.29) is 23.9 Å². The van der Waals surface area contributed by atoms with Crippen molar-refractivity contribution in [3.05, 3.63) is 29.3 Å². The third kappa shape index (κ3) is 4.03. The van der Waals surface area contributed by atoms with E-state index in [1.54, 1.807) is 26.0 Å². The van der Waals surface area contributed by atoms with Gasteiger partial charge in [-0.2, -0.15) is 0 Å². The van der Waals surface area contributed by atoms with Crippen LogP contribution in [0.25, 0.3) is 0 Å². The molecule has 0 aromatic heterocycles. The Bertz CT molecular complexity index is 614. The molecule has 0 heterocycles. The number of nitrogens with two attached hydrogens (primary N) is 1. The van der Waals surface area contributed by atoms with Gasteiger partial charge in [0.15, 0.2) is 0 Å². The summed E-state index contributed by atoms with van der Waals surface area (Å²) >= 11 is 0. The fourth-order valence-corrected chi connectivity index (χ4v) is 3.56. The van der Waals surface area contributed by atoms with Crippen LogP contribution in [-0.4, -0.2) is 39.3 Å². The molecule has 0 aliphatic carbocycles. The fourth-order valence-electron chi connectivity index (χ4n) is 2.03. The Balaban J connectivity index is 3.08. The first-order valence-corrected chi connectivity index (χ1v) is 8.15. The monoisotopic (exact) mass is 313 g/mol. The molecule has 1 unspecified atom stereocenters. The Kier molecular flexibility index (Phi) is 5.88. The molecule has 0 bridgehead atoms. The molecule has 21 heavy (non-hydrogen) atoms. The summed E-state index contributed by atoms with van der Waals surface area (Å²) in [5.41, 5.74) is 6.98. The number of nitrogens with one attached hydrogen (secondary N) is 1. The van der Waals surface area contributed by atoms with Gasteiger partial charge in [-0.05, 0) is 24.1 Å². The minimum Gasteiger partial charge on any atom is -0.359 e. The Labute approximate surface area is 126 Å². The topological polar surface area (TPSA) is 92.5 Å². The molecule has 0 aliphatic heterocycles. The largest absolute Gasteiger partial charge is 0.359 e. The van der Waals surface area contributed by atoms with Crippen molar-refractivity contribution in [3.63, 3.8) is 0 Å². The van der Waals surface area contributed by atoms with Crippen LogP contribution >= 0.6 is 0 Å². The van der Waals surface area contributed by atoms with Gasteiger partial charge in [-0.25, -0.2) is 12.7 Å². The van der Waals surface area contributed by atoms with Crippen molar-refractivity contribution in [3.8, 4) is 0 Å². The smallest absolute Gasteiger partial charge is 0.243 e. The third-order valence-corrected chi connectivity index (χ3v) is 5.37. The van der Waals surface area contributed by atoms with E-state index in [9.17, 15) is 13.2 Å². The normalized spacial score (nSPS) is 13.2. The molecule has 1 rings (SSSR count). The maximum atomic E-state index is 12.6. The molecule has 0 fully saturated rings. The van der Waals surface area contributed by atoms with Gasteiger partial charge in [-0.1, -0.05) is 19.1 Å². The lowest BCUT2D eigenvalue weighted by atomic mass is 10.1. The predicted molar refractivity (Wildman–Crippen MR) is 82.1 cm³/mol. The van der Waals surface area contributed by atoms with Crippen molar-refractivity contribution >= 4 is 15.9 Å². The number of sulfonamides is 1.